The monoisotopic (exact) mass is 370 g/mol. The van der Waals surface area contributed by atoms with Crippen LogP contribution in [0, 0.1) is 5.41 Å². The lowest BCUT2D eigenvalue weighted by molar-refractivity contribution is -0.142. The van der Waals surface area contributed by atoms with E-state index < -0.39 is 12.0 Å². The highest BCUT2D eigenvalue weighted by Crippen LogP contribution is 2.11. The van der Waals surface area contributed by atoms with Crippen molar-refractivity contribution in [2.75, 3.05) is 6.54 Å². The number of carboxylic acids is 1. The van der Waals surface area contributed by atoms with Gasteiger partial charge in [0, 0.05) is 13.0 Å². The third kappa shape index (κ3) is 15.7. The number of hydrogen-bond donors (Lipinski definition) is 5. The van der Waals surface area contributed by atoms with Gasteiger partial charge in [-0.2, -0.15) is 0 Å². The maximum atomic E-state index is 11.9. The number of hydrogen-bond acceptors (Lipinski definition) is 3. The molecule has 0 saturated carbocycles. The van der Waals surface area contributed by atoms with E-state index in [0.717, 1.165) is 19.3 Å². The summed E-state index contributed by atoms with van der Waals surface area (Å²) in [4.78, 5) is 23.1. The fourth-order valence-electron chi connectivity index (χ4n) is 2.83. The van der Waals surface area contributed by atoms with Gasteiger partial charge in [-0.3, -0.25) is 10.2 Å². The van der Waals surface area contributed by atoms with Crippen molar-refractivity contribution in [3.05, 3.63) is 0 Å². The van der Waals surface area contributed by atoms with Crippen LogP contribution < -0.4 is 16.4 Å². The Morgan fingerprint density at radius 2 is 1.50 bits per heavy atom. The van der Waals surface area contributed by atoms with Crippen molar-refractivity contribution in [2.45, 2.75) is 96.4 Å². The second-order valence-corrected chi connectivity index (χ2v) is 6.87. The Labute approximate surface area is 158 Å². The predicted molar refractivity (Wildman–Crippen MR) is 105 cm³/mol. The Morgan fingerprint density at radius 1 is 0.962 bits per heavy atom. The molecule has 0 aliphatic carbocycles. The van der Waals surface area contributed by atoms with Crippen molar-refractivity contribution >= 4 is 17.8 Å². The van der Waals surface area contributed by atoms with Crippen molar-refractivity contribution < 1.29 is 14.7 Å². The van der Waals surface area contributed by atoms with Gasteiger partial charge in [-0.25, -0.2) is 4.79 Å². The first-order valence-corrected chi connectivity index (χ1v) is 10.1. The van der Waals surface area contributed by atoms with Crippen LogP contribution in [0.2, 0.25) is 0 Å². The number of carbonyl (C=O) groups excluding carboxylic acids is 1. The number of nitrogens with one attached hydrogen (secondary N) is 3. The number of nitrogens with two attached hydrogens (primary N) is 1. The molecule has 0 radical (unpaired) electrons. The van der Waals surface area contributed by atoms with Crippen LogP contribution >= 0.6 is 0 Å². The van der Waals surface area contributed by atoms with E-state index in [0.29, 0.717) is 25.8 Å². The van der Waals surface area contributed by atoms with Crippen LogP contribution in [0.5, 0.6) is 0 Å². The Balaban J connectivity index is 3.67. The van der Waals surface area contributed by atoms with Gasteiger partial charge in [-0.1, -0.05) is 64.7 Å². The molecule has 1 amide bonds. The average molecular weight is 371 g/mol. The van der Waals surface area contributed by atoms with Gasteiger partial charge in [-0.05, 0) is 19.3 Å². The number of unbranched alkanes of at least 4 members (excludes halogenated alkanes) is 9. The quantitative estimate of drug-likeness (QED) is 0.153. The SMILES string of the molecule is CCCCCCCCCCCCC(=O)N[C@@H](CCCNC(=N)N)C(=O)O. The minimum atomic E-state index is -1.02. The summed E-state index contributed by atoms with van der Waals surface area (Å²) in [6, 6.07) is -0.876. The van der Waals surface area contributed by atoms with Crippen LogP contribution in [0.4, 0.5) is 0 Å². The molecule has 7 heteroatoms. The van der Waals surface area contributed by atoms with E-state index in [4.69, 9.17) is 11.1 Å². The molecule has 1 atom stereocenters. The third-order valence-corrected chi connectivity index (χ3v) is 4.38. The first-order valence-electron chi connectivity index (χ1n) is 10.1. The fraction of sp³-hybridized carbons (Fsp3) is 0.842. The smallest absolute Gasteiger partial charge is 0.326 e. The van der Waals surface area contributed by atoms with Gasteiger partial charge < -0.3 is 21.5 Å². The molecule has 0 saturated heterocycles. The van der Waals surface area contributed by atoms with E-state index >= 15 is 0 Å². The van der Waals surface area contributed by atoms with Gasteiger partial charge in [0.05, 0.1) is 0 Å². The zero-order valence-corrected chi connectivity index (χ0v) is 16.3. The molecule has 0 aliphatic rings. The Hall–Kier alpha value is -1.79. The summed E-state index contributed by atoms with van der Waals surface area (Å²) in [5.41, 5.74) is 5.16. The molecule has 6 N–H and O–H groups in total. The van der Waals surface area contributed by atoms with Crippen LogP contribution in [0.15, 0.2) is 0 Å². The minimum Gasteiger partial charge on any atom is -0.480 e. The maximum Gasteiger partial charge on any atom is 0.326 e. The van der Waals surface area contributed by atoms with Gasteiger partial charge in [-0.15, -0.1) is 0 Å². The molecule has 0 aromatic rings. The lowest BCUT2D eigenvalue weighted by Gasteiger charge is -2.14. The molecule has 0 heterocycles. The number of carbonyl (C=O) groups is 2. The number of carboxylic acid groups (broad SMARTS) is 1. The molecule has 152 valence electrons. The molecule has 0 bridgehead atoms. The number of amides is 1. The Bertz CT molecular complexity index is 402. The Morgan fingerprint density at radius 3 is 2.00 bits per heavy atom. The largest absolute Gasteiger partial charge is 0.480 e. The molecule has 0 aliphatic heterocycles. The first kappa shape index (κ1) is 24.2. The molecule has 7 nitrogen and oxygen atoms in total. The molecule has 0 aromatic heterocycles. The van der Waals surface area contributed by atoms with Crippen molar-refractivity contribution in [2.24, 2.45) is 5.73 Å². The van der Waals surface area contributed by atoms with Crippen LogP contribution in [0.25, 0.3) is 0 Å². The summed E-state index contributed by atoms with van der Waals surface area (Å²) >= 11 is 0. The normalized spacial score (nSPS) is 11.7. The predicted octanol–water partition coefficient (Wildman–Crippen LogP) is 3.13. The van der Waals surface area contributed by atoms with Crippen LogP contribution in [0.1, 0.15) is 90.4 Å². The van der Waals surface area contributed by atoms with Crippen molar-refractivity contribution in [1.82, 2.24) is 10.6 Å². The van der Waals surface area contributed by atoms with E-state index in [1.54, 1.807) is 0 Å². The molecule has 0 spiro atoms. The standard InChI is InChI=1S/C19H38N4O3/c1-2-3-4-5-6-7-8-9-10-11-14-17(24)23-16(18(25)26)13-12-15-22-19(20)21/h16H,2-15H2,1H3,(H,23,24)(H,25,26)(H4,20,21,22)/t16-/m0/s1. The van der Waals surface area contributed by atoms with Crippen molar-refractivity contribution in [3.63, 3.8) is 0 Å². The van der Waals surface area contributed by atoms with Gasteiger partial charge in [0.25, 0.3) is 0 Å². The first-order chi connectivity index (χ1) is 12.5. The highest BCUT2D eigenvalue weighted by atomic mass is 16.4. The van der Waals surface area contributed by atoms with E-state index in [9.17, 15) is 14.7 Å². The van der Waals surface area contributed by atoms with E-state index in [1.807, 2.05) is 0 Å². The summed E-state index contributed by atoms with van der Waals surface area (Å²) in [6.07, 6.45) is 13.3. The van der Waals surface area contributed by atoms with E-state index in [2.05, 4.69) is 17.6 Å². The van der Waals surface area contributed by atoms with Crippen LogP contribution in [0.3, 0.4) is 0 Å². The summed E-state index contributed by atoms with van der Waals surface area (Å²) in [5.74, 6) is -1.36. The zero-order chi connectivity index (χ0) is 19.6. The van der Waals surface area contributed by atoms with Gasteiger partial charge in [0.2, 0.25) is 5.91 Å². The molecule has 0 unspecified atom stereocenters. The molecular formula is C19H38N4O3. The number of rotatable bonds is 17. The molecular weight excluding hydrogens is 332 g/mol. The summed E-state index contributed by atoms with van der Waals surface area (Å²) in [6.45, 7) is 2.65. The summed E-state index contributed by atoms with van der Waals surface area (Å²) in [7, 11) is 0. The van der Waals surface area contributed by atoms with E-state index in [1.165, 1.54) is 44.9 Å². The Kier molecular flexibility index (Phi) is 15.5. The van der Waals surface area contributed by atoms with E-state index in [-0.39, 0.29) is 11.9 Å². The fourth-order valence-corrected chi connectivity index (χ4v) is 2.83. The molecule has 26 heavy (non-hydrogen) atoms. The van der Waals surface area contributed by atoms with Crippen molar-refractivity contribution in [3.8, 4) is 0 Å². The minimum absolute atomic E-state index is 0.137. The van der Waals surface area contributed by atoms with Crippen molar-refractivity contribution in [1.29, 1.82) is 5.41 Å². The van der Waals surface area contributed by atoms with Gasteiger partial charge in [0.1, 0.15) is 6.04 Å². The summed E-state index contributed by atoms with van der Waals surface area (Å²) in [5, 5.41) is 21.4. The lowest BCUT2D eigenvalue weighted by atomic mass is 10.1. The highest BCUT2D eigenvalue weighted by molar-refractivity contribution is 5.83. The van der Waals surface area contributed by atoms with Gasteiger partial charge in [0.15, 0.2) is 5.96 Å². The zero-order valence-electron chi connectivity index (χ0n) is 16.3. The summed E-state index contributed by atoms with van der Waals surface area (Å²) < 4.78 is 0. The lowest BCUT2D eigenvalue weighted by Crippen LogP contribution is -2.41. The van der Waals surface area contributed by atoms with Crippen LogP contribution in [-0.2, 0) is 9.59 Å². The second-order valence-electron chi connectivity index (χ2n) is 6.87. The highest BCUT2D eigenvalue weighted by Gasteiger charge is 2.18. The van der Waals surface area contributed by atoms with Gasteiger partial charge >= 0.3 is 5.97 Å². The second kappa shape index (κ2) is 16.7. The average Bonchev–Trinajstić information content (AvgIpc) is 2.58. The number of guanidine groups is 1. The van der Waals surface area contributed by atoms with Crippen LogP contribution in [-0.4, -0.2) is 35.5 Å². The molecule has 0 aromatic carbocycles. The molecule has 0 fully saturated rings. The maximum absolute atomic E-state index is 11.9. The third-order valence-electron chi connectivity index (χ3n) is 4.38. The topological polar surface area (TPSA) is 128 Å². The number of aliphatic carboxylic acids is 1. The molecule has 0 rings (SSSR count).